The maximum Gasteiger partial charge on any atom is 0.292 e. The summed E-state index contributed by atoms with van der Waals surface area (Å²) in [5, 5.41) is 1.01. The lowest BCUT2D eigenvalue weighted by molar-refractivity contribution is -0.381. The first-order valence-corrected chi connectivity index (χ1v) is 10.8. The minimum Gasteiger partial charge on any atom is -0.372 e. The number of unbranched alkanes of at least 4 members (excludes halogenated alkanes) is 2. The van der Waals surface area contributed by atoms with Gasteiger partial charge in [0.2, 0.25) is 0 Å². The number of thioether (sulfide) groups is 1. The summed E-state index contributed by atoms with van der Waals surface area (Å²) in [5.41, 5.74) is 2.18. The zero-order valence-corrected chi connectivity index (χ0v) is 17.9. The van der Waals surface area contributed by atoms with Crippen molar-refractivity contribution in [2.75, 3.05) is 24.6 Å². The van der Waals surface area contributed by atoms with Crippen LogP contribution in [-0.4, -0.2) is 35.0 Å². The lowest BCUT2D eigenvalue weighted by Crippen LogP contribution is -2.28. The molecule has 1 fully saturated rings. The third-order valence-electron chi connectivity index (χ3n) is 4.12. The molecule has 1 aromatic rings. The summed E-state index contributed by atoms with van der Waals surface area (Å²) in [6.45, 7) is 8.69. The van der Waals surface area contributed by atoms with Crippen molar-refractivity contribution < 1.29 is 14.7 Å². The van der Waals surface area contributed by atoms with E-state index >= 15 is 0 Å². The van der Waals surface area contributed by atoms with Gasteiger partial charge >= 0.3 is 0 Å². The lowest BCUT2D eigenvalue weighted by Gasteiger charge is -2.24. The molecule has 0 N–H and O–H groups in total. The van der Waals surface area contributed by atoms with Crippen molar-refractivity contribution in [1.29, 1.82) is 0 Å². The predicted octanol–water partition coefficient (Wildman–Crippen LogP) is 5.18. The Balaban J connectivity index is 2.08. The number of thiocarbonyl (C=S) groups is 1. The van der Waals surface area contributed by atoms with E-state index in [1.165, 1.54) is 43.1 Å². The first-order valence-electron chi connectivity index (χ1n) is 9.53. The number of amides is 1. The van der Waals surface area contributed by atoms with Crippen molar-refractivity contribution in [3.63, 3.8) is 0 Å². The molecule has 0 aliphatic carbocycles. The number of anilines is 1. The Morgan fingerprint density at radius 2 is 1.74 bits per heavy atom. The zero-order valence-electron chi connectivity index (χ0n) is 16.3. The van der Waals surface area contributed by atoms with E-state index in [9.17, 15) is 4.79 Å². The molecule has 0 atom stereocenters. The third-order valence-corrected chi connectivity index (χ3v) is 5.39. The van der Waals surface area contributed by atoms with Gasteiger partial charge in [0.05, 0.1) is 11.5 Å². The number of hydrogen-bond acceptors (Lipinski definition) is 6. The average molecular weight is 409 g/mol. The fourth-order valence-electron chi connectivity index (χ4n) is 2.62. The Labute approximate surface area is 171 Å². The number of hydroxylamine groups is 2. The largest absolute Gasteiger partial charge is 0.372 e. The number of nitrogens with zero attached hydrogens (tertiary/aromatic N) is 2. The SMILES string of the molecule is CCCCN(CCCC)c1ccc(/C=C2\SC(=S)N(OOCC)C2=O)cc1. The molecule has 0 spiro atoms. The highest BCUT2D eigenvalue weighted by molar-refractivity contribution is 8.26. The molecule has 0 unspecified atom stereocenters. The van der Waals surface area contributed by atoms with Crippen LogP contribution >= 0.6 is 24.0 Å². The van der Waals surface area contributed by atoms with Crippen molar-refractivity contribution in [3.05, 3.63) is 34.7 Å². The van der Waals surface area contributed by atoms with Gasteiger partial charge in [0.25, 0.3) is 5.91 Å². The third kappa shape index (κ3) is 6.31. The quantitative estimate of drug-likeness (QED) is 0.218. The predicted molar refractivity (Wildman–Crippen MR) is 116 cm³/mol. The number of carbonyl (C=O) groups excluding carboxylic acids is 1. The minimum absolute atomic E-state index is 0.296. The summed E-state index contributed by atoms with van der Waals surface area (Å²) in [4.78, 5) is 25.1. The minimum atomic E-state index is -0.296. The molecular formula is C20H28N2O3S2. The molecule has 1 saturated heterocycles. The van der Waals surface area contributed by atoms with Crippen molar-refractivity contribution in [2.45, 2.75) is 46.5 Å². The Morgan fingerprint density at radius 1 is 1.11 bits per heavy atom. The van der Waals surface area contributed by atoms with E-state index < -0.39 is 0 Å². The van der Waals surface area contributed by atoms with E-state index in [0.717, 1.165) is 23.7 Å². The highest BCUT2D eigenvalue weighted by atomic mass is 32.2. The highest BCUT2D eigenvalue weighted by Crippen LogP contribution is 2.33. The molecule has 1 aliphatic rings. The molecule has 1 amide bonds. The molecule has 0 saturated carbocycles. The topological polar surface area (TPSA) is 42.0 Å². The molecular weight excluding hydrogens is 380 g/mol. The Morgan fingerprint density at radius 3 is 2.30 bits per heavy atom. The van der Waals surface area contributed by atoms with Crippen LogP contribution in [0.4, 0.5) is 5.69 Å². The van der Waals surface area contributed by atoms with Crippen LogP contribution in [0.2, 0.25) is 0 Å². The molecule has 1 aliphatic heterocycles. The van der Waals surface area contributed by atoms with Crippen molar-refractivity contribution in [1.82, 2.24) is 5.06 Å². The number of hydrogen-bond donors (Lipinski definition) is 0. The molecule has 5 nitrogen and oxygen atoms in total. The van der Waals surface area contributed by atoms with Gasteiger partial charge in [-0.3, -0.25) is 4.79 Å². The Kier molecular flexibility index (Phi) is 9.27. The molecule has 1 aromatic carbocycles. The second-order valence-electron chi connectivity index (χ2n) is 6.24. The van der Waals surface area contributed by atoms with Crippen molar-refractivity contribution in [2.24, 2.45) is 0 Å². The van der Waals surface area contributed by atoms with E-state index in [2.05, 4.69) is 30.9 Å². The van der Waals surface area contributed by atoms with Gasteiger partial charge in [-0.25, -0.2) is 4.89 Å². The van der Waals surface area contributed by atoms with Crippen LogP contribution in [0.3, 0.4) is 0 Å². The van der Waals surface area contributed by atoms with Crippen molar-refractivity contribution in [3.8, 4) is 0 Å². The zero-order chi connectivity index (χ0) is 19.6. The molecule has 2 rings (SSSR count). The maximum absolute atomic E-state index is 12.4. The smallest absolute Gasteiger partial charge is 0.292 e. The van der Waals surface area contributed by atoms with Gasteiger partial charge in [-0.15, -0.1) is 10.1 Å². The number of rotatable bonds is 11. The summed E-state index contributed by atoms with van der Waals surface area (Å²) in [5.74, 6) is -0.296. The van der Waals surface area contributed by atoms with E-state index in [-0.39, 0.29) is 5.91 Å². The molecule has 1 heterocycles. The Hall–Kier alpha value is -1.41. The van der Waals surface area contributed by atoms with Crippen LogP contribution in [0.15, 0.2) is 29.2 Å². The normalized spacial score (nSPS) is 15.8. The second-order valence-corrected chi connectivity index (χ2v) is 7.92. The second kappa shape index (κ2) is 11.4. The molecule has 148 valence electrons. The van der Waals surface area contributed by atoms with E-state index in [4.69, 9.17) is 22.1 Å². The first-order chi connectivity index (χ1) is 13.1. The van der Waals surface area contributed by atoms with Gasteiger partial charge in [0.15, 0.2) is 4.32 Å². The van der Waals surface area contributed by atoms with Crippen LogP contribution in [0.1, 0.15) is 52.0 Å². The number of carbonyl (C=O) groups is 1. The molecule has 0 radical (unpaired) electrons. The molecule has 7 heteroatoms. The molecule has 0 aromatic heterocycles. The number of benzene rings is 1. The van der Waals surface area contributed by atoms with Gasteiger partial charge < -0.3 is 4.90 Å². The summed E-state index contributed by atoms with van der Waals surface area (Å²) < 4.78 is 0.335. The standard InChI is InChI=1S/C20H28N2O3S2/c1-4-7-13-21(14-8-5-2)17-11-9-16(10-12-17)15-18-19(23)22(20(26)27-18)25-24-6-3/h9-12,15H,4-8,13-14H2,1-3H3/b18-15-. The van der Waals surface area contributed by atoms with Gasteiger partial charge in [-0.05, 0) is 55.8 Å². The summed E-state index contributed by atoms with van der Waals surface area (Å²) in [6, 6.07) is 8.32. The van der Waals surface area contributed by atoms with E-state index in [1.807, 2.05) is 18.2 Å². The van der Waals surface area contributed by atoms with E-state index in [1.54, 1.807) is 6.92 Å². The van der Waals surface area contributed by atoms with Crippen molar-refractivity contribution >= 4 is 46.0 Å². The maximum atomic E-state index is 12.4. The van der Waals surface area contributed by atoms with Crippen LogP contribution in [0, 0.1) is 0 Å². The van der Waals surface area contributed by atoms with Crippen LogP contribution < -0.4 is 4.90 Å². The lowest BCUT2D eigenvalue weighted by atomic mass is 10.1. The highest BCUT2D eigenvalue weighted by Gasteiger charge is 2.34. The van der Waals surface area contributed by atoms with Crippen LogP contribution in [0.25, 0.3) is 6.08 Å². The van der Waals surface area contributed by atoms with Gasteiger partial charge in [-0.2, -0.15) is 0 Å². The monoisotopic (exact) mass is 408 g/mol. The average Bonchev–Trinajstić information content (AvgIpc) is 2.94. The summed E-state index contributed by atoms with van der Waals surface area (Å²) in [6.07, 6.45) is 6.58. The van der Waals surface area contributed by atoms with Gasteiger partial charge in [0.1, 0.15) is 0 Å². The summed E-state index contributed by atoms with van der Waals surface area (Å²) in [7, 11) is 0. The molecule has 27 heavy (non-hydrogen) atoms. The van der Waals surface area contributed by atoms with Crippen LogP contribution in [0.5, 0.6) is 0 Å². The first kappa shape index (κ1) is 21.9. The fourth-order valence-corrected chi connectivity index (χ4v) is 3.76. The fraction of sp³-hybridized carbons (Fsp3) is 0.500. The Bertz CT molecular complexity index is 654. The molecule has 0 bridgehead atoms. The van der Waals surface area contributed by atoms with Crippen LogP contribution in [-0.2, 0) is 14.7 Å². The van der Waals surface area contributed by atoms with E-state index in [0.29, 0.717) is 15.8 Å². The van der Waals surface area contributed by atoms with Gasteiger partial charge in [-0.1, -0.05) is 50.6 Å². The summed E-state index contributed by atoms with van der Waals surface area (Å²) >= 11 is 6.39. The van der Waals surface area contributed by atoms with Gasteiger partial charge in [0, 0.05) is 18.8 Å².